The van der Waals surface area contributed by atoms with Crippen LogP contribution in [-0.4, -0.2) is 101 Å². The first-order valence-corrected chi connectivity index (χ1v) is 14.2. The highest BCUT2D eigenvalue weighted by molar-refractivity contribution is 7.89. The molecule has 0 spiro atoms. The summed E-state index contributed by atoms with van der Waals surface area (Å²) in [6.45, 7) is 10.2. The number of pyridine rings is 1. The zero-order valence-electron chi connectivity index (χ0n) is 23.1. The van der Waals surface area contributed by atoms with E-state index in [-0.39, 0.29) is 10.9 Å². The Bertz CT molecular complexity index is 1330. The van der Waals surface area contributed by atoms with Crippen LogP contribution < -0.4 is 4.90 Å². The van der Waals surface area contributed by atoms with E-state index in [2.05, 4.69) is 4.98 Å². The predicted molar refractivity (Wildman–Crippen MR) is 142 cm³/mol. The lowest BCUT2D eigenvalue weighted by atomic mass is 10.2. The van der Waals surface area contributed by atoms with E-state index in [0.29, 0.717) is 56.0 Å². The normalized spacial score (nSPS) is 18.3. The second kappa shape index (κ2) is 9.60. The minimum Gasteiger partial charge on any atom is -0.443 e. The first kappa shape index (κ1) is 28.0. The smallest absolute Gasteiger partial charge is 0.424 e. The minimum absolute atomic E-state index is 0.0889. The molecule has 1 aliphatic carbocycles. The summed E-state index contributed by atoms with van der Waals surface area (Å²) >= 11 is 0. The van der Waals surface area contributed by atoms with Crippen LogP contribution in [0.3, 0.4) is 0 Å². The number of ether oxygens (including phenoxy) is 1. The van der Waals surface area contributed by atoms with Crippen LogP contribution in [0.25, 0.3) is 5.65 Å². The molecule has 38 heavy (non-hydrogen) atoms. The van der Waals surface area contributed by atoms with Crippen LogP contribution in [0.5, 0.6) is 0 Å². The number of amides is 3. The second-order valence-corrected chi connectivity index (χ2v) is 13.3. The van der Waals surface area contributed by atoms with E-state index in [4.69, 9.17) is 4.74 Å². The van der Waals surface area contributed by atoms with Crippen LogP contribution in [-0.2, 0) is 14.8 Å². The number of rotatable bonds is 5. The zero-order chi connectivity index (χ0) is 28.2. The number of imidazole rings is 1. The van der Waals surface area contributed by atoms with Crippen LogP contribution in [0.1, 0.15) is 59.3 Å². The molecule has 0 aromatic carbocycles. The van der Waals surface area contributed by atoms with Gasteiger partial charge in [0.2, 0.25) is 0 Å². The number of sulfonamides is 1. The number of urea groups is 1. The van der Waals surface area contributed by atoms with Gasteiger partial charge in [-0.1, -0.05) is 0 Å². The minimum atomic E-state index is -4.35. The summed E-state index contributed by atoms with van der Waals surface area (Å²) in [5.74, 6) is 0. The number of aliphatic hydroxyl groups is 1. The van der Waals surface area contributed by atoms with Crippen molar-refractivity contribution in [1.29, 1.82) is 0 Å². The Morgan fingerprint density at radius 2 is 1.76 bits per heavy atom. The van der Waals surface area contributed by atoms with E-state index in [1.165, 1.54) is 23.4 Å². The van der Waals surface area contributed by atoms with Crippen LogP contribution >= 0.6 is 0 Å². The van der Waals surface area contributed by atoms with Crippen molar-refractivity contribution in [2.75, 3.05) is 45.2 Å². The molecule has 0 bridgehead atoms. The lowest BCUT2D eigenvalue weighted by Gasteiger charge is -2.37. The topological polar surface area (TPSA) is 128 Å². The maximum Gasteiger partial charge on any atom is 0.424 e. The number of nitrogens with zero attached hydrogens (tertiary/aromatic N) is 6. The Morgan fingerprint density at radius 3 is 2.26 bits per heavy atom. The average Bonchev–Trinajstić information content (AvgIpc) is 3.37. The summed E-state index contributed by atoms with van der Waals surface area (Å²) in [7, 11) is -0.946. The summed E-state index contributed by atoms with van der Waals surface area (Å²) in [6.07, 6.45) is 2.15. The monoisotopic (exact) mass is 550 g/mol. The Morgan fingerprint density at radius 1 is 1.16 bits per heavy atom. The van der Waals surface area contributed by atoms with E-state index in [1.54, 1.807) is 58.0 Å². The van der Waals surface area contributed by atoms with Gasteiger partial charge in [-0.25, -0.2) is 23.0 Å². The average molecular weight is 551 g/mol. The molecule has 1 atom stereocenters. The summed E-state index contributed by atoms with van der Waals surface area (Å²) in [4.78, 5) is 35.2. The van der Waals surface area contributed by atoms with Crippen LogP contribution in [0.2, 0.25) is 0 Å². The Kier molecular flexibility index (Phi) is 7.06. The molecule has 1 aliphatic heterocycles. The van der Waals surface area contributed by atoms with E-state index in [9.17, 15) is 23.1 Å². The van der Waals surface area contributed by atoms with E-state index < -0.39 is 33.4 Å². The van der Waals surface area contributed by atoms with Gasteiger partial charge in [-0.15, -0.1) is 0 Å². The molecule has 2 aromatic heterocycles. The summed E-state index contributed by atoms with van der Waals surface area (Å²) in [6, 6.07) is 1.43. The maximum absolute atomic E-state index is 14.1. The molecule has 1 N–H and O–H groups in total. The second-order valence-electron chi connectivity index (χ2n) is 11.5. The molecule has 3 amide bonds. The summed E-state index contributed by atoms with van der Waals surface area (Å²) < 4.78 is 36.1. The first-order chi connectivity index (χ1) is 17.5. The molecule has 3 heterocycles. The van der Waals surface area contributed by atoms with Crippen molar-refractivity contribution in [1.82, 2.24) is 23.5 Å². The van der Waals surface area contributed by atoms with E-state index in [1.807, 2.05) is 4.90 Å². The van der Waals surface area contributed by atoms with Crippen molar-refractivity contribution in [3.8, 4) is 0 Å². The molecule has 2 aromatic rings. The van der Waals surface area contributed by atoms with Crippen molar-refractivity contribution in [3.63, 3.8) is 0 Å². The van der Waals surface area contributed by atoms with Gasteiger partial charge < -0.3 is 24.5 Å². The summed E-state index contributed by atoms with van der Waals surface area (Å²) in [5.41, 5.74) is -0.315. The van der Waals surface area contributed by atoms with Gasteiger partial charge in [-0.05, 0) is 53.5 Å². The number of carbonyl (C=O) groups is 2. The lowest BCUT2D eigenvalue weighted by molar-refractivity contribution is 0.0331. The molecule has 13 heteroatoms. The van der Waals surface area contributed by atoms with Crippen molar-refractivity contribution in [2.24, 2.45) is 0 Å². The lowest BCUT2D eigenvalue weighted by Crippen LogP contribution is -2.51. The number of fused-ring (bicyclic) bond motifs is 1. The maximum atomic E-state index is 14.1. The van der Waals surface area contributed by atoms with Gasteiger partial charge in [0.15, 0.2) is 5.65 Å². The molecule has 12 nitrogen and oxygen atoms in total. The zero-order valence-corrected chi connectivity index (χ0v) is 23.9. The largest absolute Gasteiger partial charge is 0.443 e. The fourth-order valence-electron chi connectivity index (χ4n) is 4.57. The number of carbonyl (C=O) groups excluding carboxylic acids is 2. The van der Waals surface area contributed by atoms with Crippen molar-refractivity contribution >= 4 is 33.5 Å². The molecule has 2 fully saturated rings. The van der Waals surface area contributed by atoms with Gasteiger partial charge in [0.1, 0.15) is 10.5 Å². The highest BCUT2D eigenvalue weighted by Gasteiger charge is 2.53. The number of aliphatic hydroxyl groups excluding tert-OH is 1. The van der Waals surface area contributed by atoms with Gasteiger partial charge in [0.25, 0.3) is 10.0 Å². The summed E-state index contributed by atoms with van der Waals surface area (Å²) in [5, 5.41) is 10.4. The third kappa shape index (κ3) is 5.26. The quantitative estimate of drug-likeness (QED) is 0.602. The molecule has 0 radical (unpaired) electrons. The van der Waals surface area contributed by atoms with Gasteiger partial charge in [0.05, 0.1) is 29.2 Å². The van der Waals surface area contributed by atoms with Crippen molar-refractivity contribution < 1.29 is 27.9 Å². The fourth-order valence-corrected chi connectivity index (χ4v) is 6.28. The molecular weight excluding hydrogens is 512 g/mol. The number of anilines is 1. The third-order valence-corrected chi connectivity index (χ3v) is 8.74. The molecule has 1 unspecified atom stereocenters. The van der Waals surface area contributed by atoms with Crippen molar-refractivity contribution in [2.45, 2.75) is 69.6 Å². The first-order valence-electron chi connectivity index (χ1n) is 12.7. The van der Waals surface area contributed by atoms with Crippen LogP contribution in [0.4, 0.5) is 15.3 Å². The standard InChI is InChI=1S/C25H38N6O6S/c1-17(32)20-15-26-21-19(28-10-12-29(13-11-28)22(33)27(6)7)14-18(16-30(20)21)38(35,36)31(25(5)8-9-25)23(34)37-24(2,3)4/h14-17,32H,8-13H2,1-7H3. The highest BCUT2D eigenvalue weighted by Crippen LogP contribution is 2.45. The van der Waals surface area contributed by atoms with E-state index >= 15 is 0 Å². The van der Waals surface area contributed by atoms with Gasteiger partial charge in [-0.2, -0.15) is 4.31 Å². The Balaban J connectivity index is 1.79. The molecule has 1 saturated heterocycles. The predicted octanol–water partition coefficient (Wildman–Crippen LogP) is 2.67. The van der Waals surface area contributed by atoms with Crippen molar-refractivity contribution in [3.05, 3.63) is 24.2 Å². The third-order valence-electron chi connectivity index (χ3n) is 6.85. The fraction of sp³-hybridized carbons (Fsp3) is 0.640. The number of aromatic nitrogens is 2. The number of hydrogen-bond donors (Lipinski definition) is 1. The number of hydrogen-bond acceptors (Lipinski definition) is 8. The molecular formula is C25H38N6O6S. The Labute approximate surface area is 223 Å². The SMILES string of the molecule is CC(O)c1cnc2c(N3CCN(C(=O)N(C)C)CC3)cc(S(=O)(=O)N(C(=O)OC(C)(C)C)C3(C)CC3)cn12. The molecule has 2 aliphatic rings. The van der Waals surface area contributed by atoms with Crippen LogP contribution in [0, 0.1) is 0 Å². The molecule has 4 rings (SSSR count). The van der Waals surface area contributed by atoms with Crippen LogP contribution in [0.15, 0.2) is 23.4 Å². The van der Waals surface area contributed by atoms with E-state index in [0.717, 1.165) is 4.31 Å². The molecule has 210 valence electrons. The Hall–Kier alpha value is -3.06. The highest BCUT2D eigenvalue weighted by atomic mass is 32.2. The number of piperazine rings is 1. The van der Waals surface area contributed by atoms with Gasteiger partial charge in [-0.3, -0.25) is 4.40 Å². The van der Waals surface area contributed by atoms with Gasteiger partial charge in [0, 0.05) is 46.5 Å². The van der Waals surface area contributed by atoms with Gasteiger partial charge >= 0.3 is 12.1 Å². The molecule has 1 saturated carbocycles.